The molecule has 0 unspecified atom stereocenters. The molecule has 0 saturated carbocycles. The molecular formula is C5H10N4. The van der Waals surface area contributed by atoms with Crippen molar-refractivity contribution in [1.82, 2.24) is 10.3 Å². The third kappa shape index (κ3) is 1.20. The molecule has 0 amide bonds. The number of rotatable bonds is 0. The van der Waals surface area contributed by atoms with Gasteiger partial charge in [0, 0.05) is 19.8 Å². The van der Waals surface area contributed by atoms with Crippen LogP contribution in [-0.4, -0.2) is 24.5 Å². The van der Waals surface area contributed by atoms with Crippen LogP contribution in [-0.2, 0) is 0 Å². The van der Waals surface area contributed by atoms with E-state index in [4.69, 9.17) is 5.84 Å². The Morgan fingerprint density at radius 1 is 1.89 bits per heavy atom. The molecule has 50 valence electrons. The molecule has 9 heavy (non-hydrogen) atoms. The van der Waals surface area contributed by atoms with E-state index in [0.717, 1.165) is 6.54 Å². The van der Waals surface area contributed by atoms with Crippen molar-refractivity contribution in [2.45, 2.75) is 0 Å². The van der Waals surface area contributed by atoms with E-state index in [0.29, 0.717) is 5.96 Å². The van der Waals surface area contributed by atoms with Gasteiger partial charge in [0.05, 0.1) is 0 Å². The molecule has 3 N–H and O–H groups in total. The van der Waals surface area contributed by atoms with Gasteiger partial charge in [0.1, 0.15) is 0 Å². The first-order valence-electron chi connectivity index (χ1n) is 2.75. The van der Waals surface area contributed by atoms with Crippen molar-refractivity contribution in [3.8, 4) is 0 Å². The maximum absolute atomic E-state index is 5.14. The van der Waals surface area contributed by atoms with Gasteiger partial charge in [-0.05, 0) is 6.08 Å². The molecule has 0 aliphatic carbocycles. The zero-order valence-electron chi connectivity index (χ0n) is 5.33. The summed E-state index contributed by atoms with van der Waals surface area (Å²) in [5.41, 5.74) is 2.48. The lowest BCUT2D eigenvalue weighted by Crippen LogP contribution is -2.43. The van der Waals surface area contributed by atoms with Gasteiger partial charge in [-0.15, -0.1) is 0 Å². The van der Waals surface area contributed by atoms with E-state index in [9.17, 15) is 0 Å². The Hall–Kier alpha value is -1.03. The topological polar surface area (TPSA) is 53.6 Å². The fraction of sp³-hybridized carbons (Fsp3) is 0.400. The van der Waals surface area contributed by atoms with Crippen LogP contribution in [0.5, 0.6) is 0 Å². The molecule has 1 rings (SSSR count). The van der Waals surface area contributed by atoms with Crippen LogP contribution in [0.15, 0.2) is 17.3 Å². The third-order valence-corrected chi connectivity index (χ3v) is 1.17. The Bertz CT molecular complexity index is 149. The summed E-state index contributed by atoms with van der Waals surface area (Å²) in [5, 5.41) is 0. The standard InChI is InChI=1S/C5H10N4/c1-9-4-2-3-7-5(9)8-6/h2-3H,4,6H2,1H3,(H,7,8). The van der Waals surface area contributed by atoms with E-state index in [2.05, 4.69) is 10.4 Å². The van der Waals surface area contributed by atoms with E-state index in [1.165, 1.54) is 0 Å². The number of aliphatic imine (C=N–C) groups is 1. The quantitative estimate of drug-likeness (QED) is 0.332. The maximum atomic E-state index is 5.14. The van der Waals surface area contributed by atoms with Crippen molar-refractivity contribution < 1.29 is 0 Å². The van der Waals surface area contributed by atoms with Crippen LogP contribution >= 0.6 is 0 Å². The summed E-state index contributed by atoms with van der Waals surface area (Å²) >= 11 is 0. The SMILES string of the molecule is CN1CC=CN=C1NN. The zero-order valence-corrected chi connectivity index (χ0v) is 5.33. The Balaban J connectivity index is 2.63. The molecule has 0 aromatic carbocycles. The van der Waals surface area contributed by atoms with E-state index in [-0.39, 0.29) is 0 Å². The van der Waals surface area contributed by atoms with Crippen LogP contribution in [0.1, 0.15) is 0 Å². The summed E-state index contributed by atoms with van der Waals surface area (Å²) < 4.78 is 0. The summed E-state index contributed by atoms with van der Waals surface area (Å²) in [6, 6.07) is 0. The number of nitrogens with zero attached hydrogens (tertiary/aromatic N) is 2. The predicted molar refractivity (Wildman–Crippen MR) is 36.5 cm³/mol. The lowest BCUT2D eigenvalue weighted by molar-refractivity contribution is 0.530. The fourth-order valence-electron chi connectivity index (χ4n) is 0.661. The van der Waals surface area contributed by atoms with Gasteiger partial charge in [-0.2, -0.15) is 0 Å². The smallest absolute Gasteiger partial charge is 0.213 e. The number of hydrazine groups is 1. The Morgan fingerprint density at radius 3 is 3.11 bits per heavy atom. The molecule has 0 saturated heterocycles. The molecule has 1 heterocycles. The summed E-state index contributed by atoms with van der Waals surface area (Å²) in [7, 11) is 1.92. The molecule has 4 nitrogen and oxygen atoms in total. The molecule has 4 heteroatoms. The summed E-state index contributed by atoms with van der Waals surface area (Å²) in [6.07, 6.45) is 3.69. The first-order chi connectivity index (χ1) is 4.34. The Labute approximate surface area is 54.0 Å². The normalized spacial score (nSPS) is 17.6. The lowest BCUT2D eigenvalue weighted by Gasteiger charge is -2.20. The second kappa shape index (κ2) is 2.50. The minimum atomic E-state index is 0.706. The average molecular weight is 126 g/mol. The lowest BCUT2D eigenvalue weighted by atomic mass is 10.5. The number of hydrogen-bond acceptors (Lipinski definition) is 4. The number of nitrogens with one attached hydrogen (secondary N) is 1. The molecule has 1 aliphatic heterocycles. The highest BCUT2D eigenvalue weighted by Gasteiger charge is 2.03. The first kappa shape index (κ1) is 6.10. The minimum absolute atomic E-state index is 0.706. The van der Waals surface area contributed by atoms with E-state index in [1.54, 1.807) is 6.20 Å². The van der Waals surface area contributed by atoms with E-state index in [1.807, 2.05) is 18.0 Å². The Kier molecular flexibility index (Phi) is 1.69. The van der Waals surface area contributed by atoms with E-state index >= 15 is 0 Å². The third-order valence-electron chi connectivity index (χ3n) is 1.17. The van der Waals surface area contributed by atoms with Gasteiger partial charge in [-0.1, -0.05) is 0 Å². The summed E-state index contributed by atoms with van der Waals surface area (Å²) in [4.78, 5) is 5.87. The predicted octanol–water partition coefficient (Wildman–Crippen LogP) is -0.735. The van der Waals surface area contributed by atoms with Gasteiger partial charge >= 0.3 is 0 Å². The van der Waals surface area contributed by atoms with Crippen LogP contribution in [0, 0.1) is 0 Å². The van der Waals surface area contributed by atoms with Crippen LogP contribution < -0.4 is 11.3 Å². The highest BCUT2D eigenvalue weighted by molar-refractivity contribution is 5.80. The average Bonchev–Trinajstić information content (AvgIpc) is 1.89. The largest absolute Gasteiger partial charge is 0.341 e. The number of likely N-dealkylation sites (N-methyl/N-ethyl adjacent to an activating group) is 1. The zero-order chi connectivity index (χ0) is 6.69. The molecular weight excluding hydrogens is 116 g/mol. The van der Waals surface area contributed by atoms with Crippen molar-refractivity contribution in [3.63, 3.8) is 0 Å². The number of hydrogen-bond donors (Lipinski definition) is 2. The molecule has 0 fully saturated rings. The van der Waals surface area contributed by atoms with Crippen LogP contribution in [0.25, 0.3) is 0 Å². The fourth-order valence-corrected chi connectivity index (χ4v) is 0.661. The van der Waals surface area contributed by atoms with Gasteiger partial charge in [-0.25, -0.2) is 10.8 Å². The van der Waals surface area contributed by atoms with Crippen LogP contribution in [0.2, 0.25) is 0 Å². The first-order valence-corrected chi connectivity index (χ1v) is 2.75. The maximum Gasteiger partial charge on any atom is 0.213 e. The number of nitrogens with two attached hydrogens (primary N) is 1. The molecule has 0 aromatic rings. The minimum Gasteiger partial charge on any atom is -0.341 e. The molecule has 0 bridgehead atoms. The van der Waals surface area contributed by atoms with Crippen molar-refractivity contribution in [2.75, 3.05) is 13.6 Å². The van der Waals surface area contributed by atoms with Crippen molar-refractivity contribution in [1.29, 1.82) is 0 Å². The molecule has 0 spiro atoms. The molecule has 0 atom stereocenters. The Morgan fingerprint density at radius 2 is 2.67 bits per heavy atom. The van der Waals surface area contributed by atoms with E-state index < -0.39 is 0 Å². The highest BCUT2D eigenvalue weighted by atomic mass is 15.4. The van der Waals surface area contributed by atoms with Crippen molar-refractivity contribution >= 4 is 5.96 Å². The van der Waals surface area contributed by atoms with Crippen LogP contribution in [0.4, 0.5) is 0 Å². The van der Waals surface area contributed by atoms with Gasteiger partial charge in [0.25, 0.3) is 0 Å². The molecule has 1 aliphatic rings. The monoisotopic (exact) mass is 126 g/mol. The second-order valence-electron chi connectivity index (χ2n) is 1.86. The summed E-state index contributed by atoms with van der Waals surface area (Å²) in [6.45, 7) is 0.864. The highest BCUT2D eigenvalue weighted by Crippen LogP contribution is 1.92. The molecule has 0 aromatic heterocycles. The second-order valence-corrected chi connectivity index (χ2v) is 1.86. The van der Waals surface area contributed by atoms with Crippen LogP contribution in [0.3, 0.4) is 0 Å². The number of guanidine groups is 1. The van der Waals surface area contributed by atoms with Gasteiger partial charge in [0.15, 0.2) is 0 Å². The van der Waals surface area contributed by atoms with Gasteiger partial charge < -0.3 is 4.90 Å². The van der Waals surface area contributed by atoms with Gasteiger partial charge in [-0.3, -0.25) is 5.43 Å². The van der Waals surface area contributed by atoms with Crippen molar-refractivity contribution in [2.24, 2.45) is 10.8 Å². The molecule has 0 radical (unpaired) electrons. The summed E-state index contributed by atoms with van der Waals surface area (Å²) in [5.74, 6) is 5.84. The van der Waals surface area contributed by atoms with Gasteiger partial charge in [0.2, 0.25) is 5.96 Å². The van der Waals surface area contributed by atoms with Crippen molar-refractivity contribution in [3.05, 3.63) is 12.3 Å².